The van der Waals surface area contributed by atoms with Gasteiger partial charge in [-0.25, -0.2) is 0 Å². The number of rotatable bonds is 5. The van der Waals surface area contributed by atoms with E-state index in [9.17, 15) is 4.79 Å². The Hall–Kier alpha value is -1.98. The Morgan fingerprint density at radius 3 is 2.78 bits per heavy atom. The minimum absolute atomic E-state index is 0.226. The van der Waals surface area contributed by atoms with Crippen LogP contribution in [0.2, 0.25) is 0 Å². The fraction of sp³-hybridized carbons (Fsp3) is 0.227. The summed E-state index contributed by atoms with van der Waals surface area (Å²) in [5.41, 5.74) is 4.98. The average Bonchev–Trinajstić information content (AvgIpc) is 3.13. The first-order chi connectivity index (χ1) is 13.2. The van der Waals surface area contributed by atoms with Crippen molar-refractivity contribution in [2.75, 3.05) is 18.8 Å². The second-order valence-electron chi connectivity index (χ2n) is 6.65. The van der Waals surface area contributed by atoms with Crippen LogP contribution in [0.3, 0.4) is 0 Å². The third-order valence-electron chi connectivity index (χ3n) is 4.94. The molecule has 0 saturated heterocycles. The molecule has 0 radical (unpaired) electrons. The van der Waals surface area contributed by atoms with Gasteiger partial charge < -0.3 is 9.88 Å². The number of para-hydroxylation sites is 1. The fourth-order valence-corrected chi connectivity index (χ4v) is 4.84. The molecule has 1 aliphatic heterocycles. The Balaban J connectivity index is 1.31. The lowest BCUT2D eigenvalue weighted by molar-refractivity contribution is -0.127. The number of H-pyrrole nitrogens is 1. The van der Waals surface area contributed by atoms with E-state index in [1.54, 1.807) is 11.8 Å². The van der Waals surface area contributed by atoms with Crippen molar-refractivity contribution in [3.05, 3.63) is 76.4 Å². The van der Waals surface area contributed by atoms with E-state index in [1.807, 2.05) is 29.3 Å². The van der Waals surface area contributed by atoms with Crippen molar-refractivity contribution in [3.63, 3.8) is 0 Å². The number of carbonyl (C=O) groups excluding carboxylic acids is 1. The van der Waals surface area contributed by atoms with Gasteiger partial charge in [0.1, 0.15) is 0 Å². The van der Waals surface area contributed by atoms with Gasteiger partial charge in [0.2, 0.25) is 5.91 Å². The molecule has 0 bridgehead atoms. The molecule has 4 rings (SSSR count). The SMILES string of the molecule is O=C(CSCc1c[nH]c2c(Br)cccc12)N1CC=C(c2ccccc2)CC1. The van der Waals surface area contributed by atoms with Crippen LogP contribution in [0.25, 0.3) is 16.5 Å². The van der Waals surface area contributed by atoms with Crippen LogP contribution in [0.4, 0.5) is 0 Å². The number of halogens is 1. The van der Waals surface area contributed by atoms with E-state index in [1.165, 1.54) is 22.1 Å². The van der Waals surface area contributed by atoms with Gasteiger partial charge in [-0.15, -0.1) is 11.8 Å². The van der Waals surface area contributed by atoms with E-state index in [4.69, 9.17) is 0 Å². The maximum Gasteiger partial charge on any atom is 0.232 e. The highest BCUT2D eigenvalue weighted by molar-refractivity contribution is 9.10. The van der Waals surface area contributed by atoms with Crippen molar-refractivity contribution >= 4 is 50.1 Å². The third kappa shape index (κ3) is 4.14. The molecule has 5 heteroatoms. The molecule has 3 nitrogen and oxygen atoms in total. The van der Waals surface area contributed by atoms with Crippen molar-refractivity contribution in [1.82, 2.24) is 9.88 Å². The summed E-state index contributed by atoms with van der Waals surface area (Å²) in [5.74, 6) is 1.58. The van der Waals surface area contributed by atoms with Crippen molar-refractivity contribution in [1.29, 1.82) is 0 Å². The predicted octanol–water partition coefficient (Wildman–Crippen LogP) is 5.48. The second-order valence-corrected chi connectivity index (χ2v) is 8.49. The zero-order valence-electron chi connectivity index (χ0n) is 15.0. The molecule has 138 valence electrons. The first-order valence-electron chi connectivity index (χ1n) is 9.07. The number of benzene rings is 2. The summed E-state index contributed by atoms with van der Waals surface area (Å²) in [6.07, 6.45) is 5.16. The fourth-order valence-electron chi connectivity index (χ4n) is 3.44. The molecule has 0 spiro atoms. The van der Waals surface area contributed by atoms with Gasteiger partial charge in [-0.2, -0.15) is 0 Å². The zero-order chi connectivity index (χ0) is 18.6. The maximum atomic E-state index is 12.5. The van der Waals surface area contributed by atoms with E-state index in [0.717, 1.165) is 28.7 Å². The van der Waals surface area contributed by atoms with Crippen LogP contribution < -0.4 is 0 Å². The molecular formula is C22H21BrN2OS. The lowest BCUT2D eigenvalue weighted by Crippen LogP contribution is -2.35. The van der Waals surface area contributed by atoms with Crippen molar-refractivity contribution < 1.29 is 4.79 Å². The molecule has 3 aromatic rings. The number of aromatic nitrogens is 1. The van der Waals surface area contributed by atoms with Gasteiger partial charge >= 0.3 is 0 Å². The summed E-state index contributed by atoms with van der Waals surface area (Å²) < 4.78 is 1.07. The summed E-state index contributed by atoms with van der Waals surface area (Å²) in [4.78, 5) is 17.8. The molecule has 0 aliphatic carbocycles. The molecule has 1 aliphatic rings. The standard InChI is InChI=1S/C22H21BrN2OS/c23-20-8-4-7-19-18(13-24-22(19)20)14-27-15-21(26)25-11-9-17(10-12-25)16-5-2-1-3-6-16/h1-9,13,24H,10-12,14-15H2. The van der Waals surface area contributed by atoms with Crippen LogP contribution in [0, 0.1) is 0 Å². The van der Waals surface area contributed by atoms with Crippen LogP contribution in [-0.4, -0.2) is 34.6 Å². The Morgan fingerprint density at radius 2 is 2.00 bits per heavy atom. The smallest absolute Gasteiger partial charge is 0.232 e. The summed E-state index contributed by atoms with van der Waals surface area (Å²) in [6, 6.07) is 16.6. The highest BCUT2D eigenvalue weighted by Gasteiger charge is 2.18. The molecule has 1 N–H and O–H groups in total. The quantitative estimate of drug-likeness (QED) is 0.569. The molecule has 0 unspecified atom stereocenters. The molecule has 1 aromatic heterocycles. The van der Waals surface area contributed by atoms with E-state index in [-0.39, 0.29) is 5.91 Å². The molecular weight excluding hydrogens is 420 g/mol. The van der Waals surface area contributed by atoms with Gasteiger partial charge in [0.15, 0.2) is 0 Å². The van der Waals surface area contributed by atoms with E-state index in [0.29, 0.717) is 12.3 Å². The molecule has 0 fully saturated rings. The Kier molecular flexibility index (Phi) is 5.69. The van der Waals surface area contributed by atoms with Crippen LogP contribution >= 0.6 is 27.7 Å². The van der Waals surface area contributed by atoms with Crippen molar-refractivity contribution in [2.24, 2.45) is 0 Å². The van der Waals surface area contributed by atoms with Gasteiger partial charge in [0.05, 0.1) is 11.3 Å². The van der Waals surface area contributed by atoms with E-state index < -0.39 is 0 Å². The van der Waals surface area contributed by atoms with E-state index in [2.05, 4.69) is 57.3 Å². The number of thioether (sulfide) groups is 1. The van der Waals surface area contributed by atoms with Crippen molar-refractivity contribution in [3.8, 4) is 0 Å². The lowest BCUT2D eigenvalue weighted by atomic mass is 10.00. The number of fused-ring (bicyclic) bond motifs is 1. The summed E-state index contributed by atoms with van der Waals surface area (Å²) in [7, 11) is 0. The molecule has 1 amide bonds. The highest BCUT2D eigenvalue weighted by atomic mass is 79.9. The second kappa shape index (κ2) is 8.36. The van der Waals surface area contributed by atoms with Crippen LogP contribution in [-0.2, 0) is 10.5 Å². The minimum Gasteiger partial charge on any atom is -0.360 e. The number of hydrogen-bond acceptors (Lipinski definition) is 2. The number of hydrogen-bond donors (Lipinski definition) is 1. The Morgan fingerprint density at radius 1 is 1.15 bits per heavy atom. The predicted molar refractivity (Wildman–Crippen MR) is 118 cm³/mol. The lowest BCUT2D eigenvalue weighted by Gasteiger charge is -2.26. The summed E-state index contributed by atoms with van der Waals surface area (Å²) in [5, 5.41) is 1.22. The molecule has 0 saturated carbocycles. The molecule has 2 aromatic carbocycles. The summed E-state index contributed by atoms with van der Waals surface area (Å²) >= 11 is 5.25. The van der Waals surface area contributed by atoms with Gasteiger partial charge in [0.25, 0.3) is 0 Å². The Labute approximate surface area is 172 Å². The van der Waals surface area contributed by atoms with Gasteiger partial charge in [-0.1, -0.05) is 48.5 Å². The number of nitrogens with zero attached hydrogens (tertiary/aromatic N) is 1. The Bertz CT molecular complexity index is 980. The number of aromatic amines is 1. The normalized spacial score (nSPS) is 14.4. The number of nitrogens with one attached hydrogen (secondary N) is 1. The average molecular weight is 441 g/mol. The van der Waals surface area contributed by atoms with Crippen LogP contribution in [0.5, 0.6) is 0 Å². The van der Waals surface area contributed by atoms with Crippen LogP contribution in [0.15, 0.2) is 65.3 Å². The van der Waals surface area contributed by atoms with E-state index >= 15 is 0 Å². The first-order valence-corrected chi connectivity index (χ1v) is 11.0. The third-order valence-corrected chi connectivity index (χ3v) is 6.57. The molecule has 2 heterocycles. The molecule has 0 atom stereocenters. The topological polar surface area (TPSA) is 36.1 Å². The molecule has 27 heavy (non-hydrogen) atoms. The monoisotopic (exact) mass is 440 g/mol. The van der Waals surface area contributed by atoms with Crippen molar-refractivity contribution in [2.45, 2.75) is 12.2 Å². The van der Waals surface area contributed by atoms with Gasteiger partial charge in [-0.05, 0) is 45.1 Å². The number of amides is 1. The van der Waals surface area contributed by atoms with Gasteiger partial charge in [0, 0.05) is 34.9 Å². The number of carbonyl (C=O) groups is 1. The van der Waals surface area contributed by atoms with Gasteiger partial charge in [-0.3, -0.25) is 4.79 Å². The van der Waals surface area contributed by atoms with Crippen LogP contribution in [0.1, 0.15) is 17.5 Å². The highest BCUT2D eigenvalue weighted by Crippen LogP contribution is 2.28. The first kappa shape index (κ1) is 18.4. The minimum atomic E-state index is 0.226. The zero-order valence-corrected chi connectivity index (χ0v) is 17.4. The summed E-state index contributed by atoms with van der Waals surface area (Å²) in [6.45, 7) is 1.52. The largest absolute Gasteiger partial charge is 0.360 e. The maximum absolute atomic E-state index is 12.5.